The molecular formula is C16H12BrClOS. The number of benzene rings is 2. The van der Waals surface area contributed by atoms with Gasteiger partial charge in [-0.25, -0.2) is 0 Å². The zero-order valence-corrected chi connectivity index (χ0v) is 13.9. The van der Waals surface area contributed by atoms with Gasteiger partial charge in [0, 0.05) is 14.7 Å². The predicted octanol–water partition coefficient (Wildman–Crippen LogP) is 6.00. The van der Waals surface area contributed by atoms with Crippen LogP contribution in [0.4, 0.5) is 0 Å². The molecule has 1 heterocycles. The minimum atomic E-state index is -0.165. The monoisotopic (exact) mass is 366 g/mol. The van der Waals surface area contributed by atoms with E-state index in [4.69, 9.17) is 16.3 Å². The van der Waals surface area contributed by atoms with E-state index in [1.54, 1.807) is 18.4 Å². The molecular weight excluding hydrogens is 356 g/mol. The van der Waals surface area contributed by atoms with Gasteiger partial charge in [0.15, 0.2) is 0 Å². The van der Waals surface area contributed by atoms with E-state index in [-0.39, 0.29) is 5.38 Å². The van der Waals surface area contributed by atoms with E-state index in [1.165, 1.54) is 10.8 Å². The lowest BCUT2D eigenvalue weighted by molar-refractivity contribution is 0.416. The molecule has 4 heteroatoms. The van der Waals surface area contributed by atoms with E-state index in [2.05, 4.69) is 40.2 Å². The Morgan fingerprint density at radius 1 is 1.15 bits per heavy atom. The molecule has 3 rings (SSSR count). The van der Waals surface area contributed by atoms with Gasteiger partial charge in [-0.2, -0.15) is 0 Å². The van der Waals surface area contributed by atoms with Crippen molar-refractivity contribution in [1.82, 2.24) is 0 Å². The smallest absolute Gasteiger partial charge is 0.129 e. The number of thiophene rings is 1. The first kappa shape index (κ1) is 13.9. The van der Waals surface area contributed by atoms with Gasteiger partial charge in [0.05, 0.1) is 12.5 Å². The quantitative estimate of drug-likeness (QED) is 0.516. The number of alkyl halides is 1. The Balaban J connectivity index is 2.12. The van der Waals surface area contributed by atoms with Crippen molar-refractivity contribution < 1.29 is 4.74 Å². The van der Waals surface area contributed by atoms with E-state index in [9.17, 15) is 0 Å². The summed E-state index contributed by atoms with van der Waals surface area (Å²) in [7, 11) is 1.67. The molecule has 0 aliphatic rings. The van der Waals surface area contributed by atoms with Gasteiger partial charge in [0.1, 0.15) is 5.75 Å². The van der Waals surface area contributed by atoms with Crippen molar-refractivity contribution in [1.29, 1.82) is 0 Å². The normalized spacial score (nSPS) is 12.6. The molecule has 3 aromatic rings. The van der Waals surface area contributed by atoms with Crippen LogP contribution in [0.5, 0.6) is 5.75 Å². The summed E-state index contributed by atoms with van der Waals surface area (Å²) in [6, 6.07) is 14.4. The first-order valence-corrected chi connectivity index (χ1v) is 8.25. The van der Waals surface area contributed by atoms with Gasteiger partial charge in [0.2, 0.25) is 0 Å². The molecule has 1 atom stereocenters. The van der Waals surface area contributed by atoms with Crippen molar-refractivity contribution in [3.8, 4) is 5.75 Å². The fourth-order valence-electron chi connectivity index (χ4n) is 2.23. The molecule has 1 aromatic heterocycles. The topological polar surface area (TPSA) is 9.23 Å². The van der Waals surface area contributed by atoms with Crippen molar-refractivity contribution in [2.75, 3.05) is 7.11 Å². The van der Waals surface area contributed by atoms with Crippen LogP contribution in [-0.2, 0) is 0 Å². The molecule has 0 aliphatic carbocycles. The standard InChI is InChI=1S/C16H12BrClOS/c1-19-10-8-15(20-9-10)16(18)13-6-7-14(17)12-5-3-2-4-11(12)13/h2-9,16H,1H3. The molecule has 0 N–H and O–H groups in total. The summed E-state index contributed by atoms with van der Waals surface area (Å²) in [6.45, 7) is 0. The number of hydrogen-bond acceptors (Lipinski definition) is 2. The SMILES string of the molecule is COc1csc(C(Cl)c2ccc(Br)c3ccccc23)c1. The summed E-state index contributed by atoms with van der Waals surface area (Å²) in [5.74, 6) is 0.858. The van der Waals surface area contributed by atoms with E-state index in [1.807, 2.05) is 23.6 Å². The molecule has 0 saturated heterocycles. The Morgan fingerprint density at radius 2 is 1.90 bits per heavy atom. The number of methoxy groups -OCH3 is 1. The molecule has 1 unspecified atom stereocenters. The molecule has 0 fully saturated rings. The second kappa shape index (κ2) is 5.76. The van der Waals surface area contributed by atoms with E-state index < -0.39 is 0 Å². The van der Waals surface area contributed by atoms with E-state index >= 15 is 0 Å². The number of ether oxygens (including phenoxy) is 1. The lowest BCUT2D eigenvalue weighted by Gasteiger charge is -2.12. The second-order valence-electron chi connectivity index (χ2n) is 4.43. The van der Waals surface area contributed by atoms with Crippen LogP contribution in [0.2, 0.25) is 0 Å². The molecule has 0 amide bonds. The summed E-state index contributed by atoms with van der Waals surface area (Å²) >= 11 is 11.9. The van der Waals surface area contributed by atoms with Gasteiger partial charge in [-0.1, -0.05) is 46.3 Å². The summed E-state index contributed by atoms with van der Waals surface area (Å²) in [6.07, 6.45) is 0. The maximum Gasteiger partial charge on any atom is 0.129 e. The fourth-order valence-corrected chi connectivity index (χ4v) is 3.97. The number of rotatable bonds is 3. The third kappa shape index (κ3) is 2.46. The Labute approximate surface area is 135 Å². The minimum absolute atomic E-state index is 0.165. The van der Waals surface area contributed by atoms with Gasteiger partial charge in [0.25, 0.3) is 0 Å². The van der Waals surface area contributed by atoms with Crippen LogP contribution in [0.15, 0.2) is 52.3 Å². The maximum absolute atomic E-state index is 6.67. The van der Waals surface area contributed by atoms with Crippen molar-refractivity contribution in [2.45, 2.75) is 5.38 Å². The molecule has 0 saturated carbocycles. The summed E-state index contributed by atoms with van der Waals surface area (Å²) in [5, 5.41) is 4.17. The molecule has 2 aromatic carbocycles. The largest absolute Gasteiger partial charge is 0.496 e. The average molecular weight is 368 g/mol. The van der Waals surface area contributed by atoms with Gasteiger partial charge >= 0.3 is 0 Å². The average Bonchev–Trinajstić information content (AvgIpc) is 2.96. The summed E-state index contributed by atoms with van der Waals surface area (Å²) < 4.78 is 6.32. The first-order chi connectivity index (χ1) is 9.70. The molecule has 102 valence electrons. The minimum Gasteiger partial charge on any atom is -0.496 e. The third-order valence-electron chi connectivity index (χ3n) is 3.26. The highest BCUT2D eigenvalue weighted by Crippen LogP contribution is 2.39. The first-order valence-electron chi connectivity index (χ1n) is 6.14. The zero-order chi connectivity index (χ0) is 14.1. The Morgan fingerprint density at radius 3 is 2.60 bits per heavy atom. The maximum atomic E-state index is 6.67. The van der Waals surface area contributed by atoms with Gasteiger partial charge < -0.3 is 4.74 Å². The van der Waals surface area contributed by atoms with Gasteiger partial charge in [-0.3, -0.25) is 0 Å². The third-order valence-corrected chi connectivity index (χ3v) is 5.53. The van der Waals surface area contributed by atoms with Crippen molar-refractivity contribution in [3.63, 3.8) is 0 Å². The molecule has 20 heavy (non-hydrogen) atoms. The lowest BCUT2D eigenvalue weighted by atomic mass is 10.0. The summed E-state index contributed by atoms with van der Waals surface area (Å²) in [4.78, 5) is 1.09. The lowest BCUT2D eigenvalue weighted by Crippen LogP contribution is -1.92. The van der Waals surface area contributed by atoms with E-state index in [0.29, 0.717) is 0 Å². The fraction of sp³-hybridized carbons (Fsp3) is 0.125. The highest BCUT2D eigenvalue weighted by atomic mass is 79.9. The number of fused-ring (bicyclic) bond motifs is 1. The highest BCUT2D eigenvalue weighted by Gasteiger charge is 2.17. The van der Waals surface area contributed by atoms with Crippen LogP contribution < -0.4 is 4.74 Å². The van der Waals surface area contributed by atoms with Gasteiger partial charge in [-0.15, -0.1) is 22.9 Å². The van der Waals surface area contributed by atoms with Crippen molar-refractivity contribution in [3.05, 3.63) is 62.8 Å². The molecule has 0 spiro atoms. The Bertz CT molecular complexity index is 753. The van der Waals surface area contributed by atoms with Crippen LogP contribution in [-0.4, -0.2) is 7.11 Å². The Kier molecular flexibility index (Phi) is 4.01. The second-order valence-corrected chi connectivity index (χ2v) is 6.67. The number of hydrogen-bond donors (Lipinski definition) is 0. The molecule has 1 nitrogen and oxygen atoms in total. The predicted molar refractivity (Wildman–Crippen MR) is 90.2 cm³/mol. The molecule has 0 aliphatic heterocycles. The molecule has 0 bridgehead atoms. The Hall–Kier alpha value is -1.03. The van der Waals surface area contributed by atoms with E-state index in [0.717, 1.165) is 20.7 Å². The van der Waals surface area contributed by atoms with Crippen LogP contribution in [0.25, 0.3) is 10.8 Å². The summed E-state index contributed by atoms with van der Waals surface area (Å²) in [5.41, 5.74) is 1.12. The molecule has 0 radical (unpaired) electrons. The van der Waals surface area contributed by atoms with Gasteiger partial charge in [-0.05, 0) is 28.5 Å². The van der Waals surface area contributed by atoms with Crippen LogP contribution in [0.1, 0.15) is 15.8 Å². The zero-order valence-electron chi connectivity index (χ0n) is 10.8. The van der Waals surface area contributed by atoms with Crippen molar-refractivity contribution in [2.24, 2.45) is 0 Å². The van der Waals surface area contributed by atoms with Crippen LogP contribution in [0, 0.1) is 0 Å². The van der Waals surface area contributed by atoms with Crippen LogP contribution in [0.3, 0.4) is 0 Å². The van der Waals surface area contributed by atoms with Crippen molar-refractivity contribution >= 4 is 49.6 Å². The number of halogens is 2. The van der Waals surface area contributed by atoms with Crippen LogP contribution >= 0.6 is 38.9 Å². The highest BCUT2D eigenvalue weighted by molar-refractivity contribution is 9.10.